The van der Waals surface area contributed by atoms with Crippen molar-refractivity contribution in [2.45, 2.75) is 26.7 Å². The maximum Gasteiger partial charge on any atom is 0.229 e. The van der Waals surface area contributed by atoms with Crippen LogP contribution >= 0.6 is 0 Å². The van der Waals surface area contributed by atoms with Crippen molar-refractivity contribution in [2.75, 3.05) is 51.3 Å². The van der Waals surface area contributed by atoms with Crippen molar-refractivity contribution in [1.82, 2.24) is 15.3 Å². The number of fused-ring (bicyclic) bond motifs is 1. The van der Waals surface area contributed by atoms with Crippen molar-refractivity contribution in [3.63, 3.8) is 0 Å². The number of rotatable bonds is 16. The monoisotopic (exact) mass is 624 g/mol. The predicted molar refractivity (Wildman–Crippen MR) is 173 cm³/mol. The van der Waals surface area contributed by atoms with Crippen LogP contribution in [0.2, 0.25) is 0 Å². The molecule has 1 aromatic heterocycles. The highest BCUT2D eigenvalue weighted by atomic mass is 19.1. The fraction of sp³-hybridized carbons (Fsp3) is 0.333. The van der Waals surface area contributed by atoms with E-state index >= 15 is 4.39 Å². The van der Waals surface area contributed by atoms with Gasteiger partial charge in [0, 0.05) is 31.8 Å². The van der Waals surface area contributed by atoms with Gasteiger partial charge in [-0.25, -0.2) is 18.2 Å². The summed E-state index contributed by atoms with van der Waals surface area (Å²) < 4.78 is 55.4. The Morgan fingerprint density at radius 2 is 2.07 bits per heavy atom. The van der Waals surface area contributed by atoms with Gasteiger partial charge in [0.05, 0.1) is 26.0 Å². The Labute approximate surface area is 262 Å². The first-order valence-electron chi connectivity index (χ1n) is 14.0. The lowest BCUT2D eigenvalue weighted by Gasteiger charge is -2.28. The van der Waals surface area contributed by atoms with Crippen molar-refractivity contribution < 1.29 is 27.4 Å². The van der Waals surface area contributed by atoms with Crippen LogP contribution in [0.15, 0.2) is 88.1 Å². The highest BCUT2D eigenvalue weighted by Gasteiger charge is 2.30. The first-order chi connectivity index (χ1) is 21.8. The lowest BCUT2D eigenvalue weighted by molar-refractivity contribution is -0.108. The van der Waals surface area contributed by atoms with Crippen LogP contribution < -0.4 is 15.5 Å². The minimum absolute atomic E-state index is 0.00793. The largest absolute Gasteiger partial charge is 0.494 e. The van der Waals surface area contributed by atoms with Crippen LogP contribution in [-0.2, 0) is 14.3 Å². The molecule has 12 heteroatoms. The number of carbonyl (C=O) groups excluding carboxylic acids is 1. The van der Waals surface area contributed by atoms with Gasteiger partial charge in [-0.15, -0.1) is 6.42 Å². The highest BCUT2D eigenvalue weighted by molar-refractivity contribution is 6.03. The number of allylic oxidation sites excluding steroid dienone is 7. The van der Waals surface area contributed by atoms with Crippen LogP contribution in [0.25, 0.3) is 6.08 Å². The molecule has 0 bridgehead atoms. The third kappa shape index (κ3) is 9.30. The van der Waals surface area contributed by atoms with E-state index in [9.17, 15) is 13.6 Å². The van der Waals surface area contributed by atoms with Gasteiger partial charge in [0.25, 0.3) is 0 Å². The Kier molecular flexibility index (Phi) is 15.1. The van der Waals surface area contributed by atoms with Gasteiger partial charge in [0.15, 0.2) is 11.6 Å². The highest BCUT2D eigenvalue weighted by Crippen LogP contribution is 2.34. The molecule has 1 atom stereocenters. The number of nitrogens with one attached hydrogen (secondary N) is 2. The Morgan fingerprint density at radius 3 is 2.62 bits per heavy atom. The van der Waals surface area contributed by atoms with Crippen LogP contribution in [0.4, 0.5) is 24.9 Å². The molecule has 0 saturated carbocycles. The van der Waals surface area contributed by atoms with Gasteiger partial charge in [0.1, 0.15) is 29.9 Å². The van der Waals surface area contributed by atoms with Crippen LogP contribution in [0, 0.1) is 18.3 Å². The molecule has 0 saturated heterocycles. The molecule has 0 radical (unpaired) electrons. The van der Waals surface area contributed by atoms with E-state index < -0.39 is 24.2 Å². The summed E-state index contributed by atoms with van der Waals surface area (Å²) in [6.45, 7) is 6.06. The molecule has 9 nitrogen and oxygen atoms in total. The van der Waals surface area contributed by atoms with Gasteiger partial charge in [0.2, 0.25) is 12.4 Å². The number of hydrogen-bond donors (Lipinski definition) is 2. The number of halogens is 3. The molecular formula is C33H39F3N6O3. The molecule has 0 aromatic carbocycles. The Morgan fingerprint density at radius 1 is 1.31 bits per heavy atom. The van der Waals surface area contributed by atoms with E-state index in [1.165, 1.54) is 32.6 Å². The maximum absolute atomic E-state index is 15.9. The Balaban J connectivity index is 2.69. The quantitative estimate of drug-likeness (QED) is 0.0991. The number of methoxy groups -OCH3 is 2. The number of carbonyl (C=O) groups is 1. The smallest absolute Gasteiger partial charge is 0.229 e. The molecule has 0 spiro atoms. The molecule has 1 aliphatic rings. The number of amides is 1. The first-order valence-corrected chi connectivity index (χ1v) is 14.0. The number of alkyl halides is 1. The van der Waals surface area contributed by atoms with Crippen LogP contribution in [0.3, 0.4) is 0 Å². The molecule has 1 unspecified atom stereocenters. The molecule has 1 amide bonds. The van der Waals surface area contributed by atoms with E-state index in [4.69, 9.17) is 15.9 Å². The van der Waals surface area contributed by atoms with E-state index in [1.807, 2.05) is 6.92 Å². The second kappa shape index (κ2) is 18.7. The van der Waals surface area contributed by atoms with Crippen LogP contribution in [0.1, 0.15) is 32.3 Å². The summed E-state index contributed by atoms with van der Waals surface area (Å²) >= 11 is 0. The molecule has 0 aliphatic carbocycles. The average Bonchev–Trinajstić information content (AvgIpc) is 3.19. The summed E-state index contributed by atoms with van der Waals surface area (Å²) in [5.41, 5.74) is 0.797. The number of amidine groups is 1. The lowest BCUT2D eigenvalue weighted by Crippen LogP contribution is -2.37. The first kappa shape index (κ1) is 36.3. The summed E-state index contributed by atoms with van der Waals surface area (Å²) in [6, 6.07) is 0. The third-order valence-corrected chi connectivity index (χ3v) is 6.61. The molecule has 0 fully saturated rings. The number of aliphatic imine (C=N–C) groups is 1. The van der Waals surface area contributed by atoms with E-state index in [-0.39, 0.29) is 53.8 Å². The minimum atomic E-state index is -0.943. The molecule has 240 valence electrons. The molecule has 1 aromatic rings. The second-order valence-corrected chi connectivity index (χ2v) is 9.32. The van der Waals surface area contributed by atoms with Gasteiger partial charge in [-0.1, -0.05) is 43.7 Å². The SMILES string of the molecule is C#CCN1C(=NC)C(CC(/C(=C/COC)CF)=C(F)/C(=C\C)OC)C=Cc2cnc(NC(=C(\F)C=C)/C(=C\CC)NC=O)nc21. The minimum Gasteiger partial charge on any atom is -0.494 e. The van der Waals surface area contributed by atoms with E-state index in [1.54, 1.807) is 37.1 Å². The average molecular weight is 625 g/mol. The topological polar surface area (TPSA) is 101 Å². The van der Waals surface area contributed by atoms with Gasteiger partial charge in [-0.2, -0.15) is 4.98 Å². The lowest BCUT2D eigenvalue weighted by atomic mass is 9.91. The van der Waals surface area contributed by atoms with Crippen molar-refractivity contribution in [3.05, 3.63) is 88.7 Å². The van der Waals surface area contributed by atoms with Gasteiger partial charge < -0.3 is 25.0 Å². The van der Waals surface area contributed by atoms with E-state index in [2.05, 4.69) is 38.1 Å². The standard InChI is InChI=1S/C33H39F3N6O3/c1-8-12-27(39-21-43)30(26(35)10-3)40-33-38-20-24-14-13-22(31(37-5)42(16-9-2)32(24)41-33)18-25(23(19-34)15-17-44-6)29(36)28(11-4)45-7/h2,10-15,20-22H,3,8,16-19H2,1,4-7H3,(H,39,43)(H,38,40,41)/b23-15+,27-12+,28-11+,29-25+,30-26-,37-31?. The van der Waals surface area contributed by atoms with Crippen LogP contribution in [-0.4, -0.2) is 63.3 Å². The zero-order valence-corrected chi connectivity index (χ0v) is 26.2. The molecule has 2 rings (SSSR count). The van der Waals surface area contributed by atoms with E-state index in [0.717, 1.165) is 6.08 Å². The number of nitrogens with zero attached hydrogens (tertiary/aromatic N) is 4. The van der Waals surface area contributed by atoms with Crippen molar-refractivity contribution in [2.24, 2.45) is 10.9 Å². The zero-order chi connectivity index (χ0) is 33.4. The number of ether oxygens (including phenoxy) is 2. The number of anilines is 2. The predicted octanol–water partition coefficient (Wildman–Crippen LogP) is 6.11. The van der Waals surface area contributed by atoms with Crippen LogP contribution in [0.5, 0.6) is 0 Å². The van der Waals surface area contributed by atoms with Crippen molar-refractivity contribution >= 4 is 30.1 Å². The van der Waals surface area contributed by atoms with Crippen molar-refractivity contribution in [1.29, 1.82) is 0 Å². The second-order valence-electron chi connectivity index (χ2n) is 9.32. The van der Waals surface area contributed by atoms with Gasteiger partial charge >= 0.3 is 0 Å². The molecular weight excluding hydrogens is 585 g/mol. The fourth-order valence-corrected chi connectivity index (χ4v) is 4.56. The zero-order valence-electron chi connectivity index (χ0n) is 26.2. The summed E-state index contributed by atoms with van der Waals surface area (Å²) in [7, 11) is 4.34. The summed E-state index contributed by atoms with van der Waals surface area (Å²) in [5, 5.41) is 5.31. The number of terminal acetylenes is 1. The van der Waals surface area contributed by atoms with Gasteiger partial charge in [-0.05, 0) is 43.1 Å². The van der Waals surface area contributed by atoms with Crippen molar-refractivity contribution in [3.8, 4) is 12.3 Å². The fourth-order valence-electron chi connectivity index (χ4n) is 4.56. The summed E-state index contributed by atoms with van der Waals surface area (Å²) in [4.78, 5) is 26.3. The summed E-state index contributed by atoms with van der Waals surface area (Å²) in [5.74, 6) is 1.25. The van der Waals surface area contributed by atoms with E-state index in [0.29, 0.717) is 30.0 Å². The maximum atomic E-state index is 15.9. The molecule has 2 heterocycles. The summed E-state index contributed by atoms with van der Waals surface area (Å²) in [6.07, 6.45) is 17.2. The molecule has 1 aliphatic heterocycles. The van der Waals surface area contributed by atoms with Gasteiger partial charge in [-0.3, -0.25) is 9.79 Å². The third-order valence-electron chi connectivity index (χ3n) is 6.61. The number of hydrogen-bond acceptors (Lipinski definition) is 7. The number of aromatic nitrogens is 2. The Bertz CT molecular complexity index is 1480. The normalized spacial score (nSPS) is 17.5. The molecule has 2 N–H and O–H groups in total. The molecule has 45 heavy (non-hydrogen) atoms. The Hall–Kier alpha value is -4.89.